The molecule has 0 nitrogen and oxygen atoms in total. The van der Waals surface area contributed by atoms with Crippen molar-refractivity contribution in [3.05, 3.63) is 121 Å². The molecule has 0 N–H and O–H groups in total. The van der Waals surface area contributed by atoms with E-state index in [4.69, 9.17) is 0 Å². The van der Waals surface area contributed by atoms with E-state index in [1.807, 2.05) is 40.5 Å². The van der Waals surface area contributed by atoms with Gasteiger partial charge in [-0.3, -0.25) is 0 Å². The maximum absolute atomic E-state index is 2.29. The van der Waals surface area contributed by atoms with E-state index in [-0.39, 0.29) is 0 Å². The van der Waals surface area contributed by atoms with Gasteiger partial charge in [0.15, 0.2) is 0 Å². The van der Waals surface area contributed by atoms with Crippen LogP contribution in [0, 0.1) is 0 Å². The predicted molar refractivity (Wildman–Crippen MR) is 116 cm³/mol. The Hall–Kier alpha value is -1.53. The Kier molecular flexibility index (Phi) is 7.83. The molecule has 0 aliphatic carbocycles. The molecule has 0 saturated carbocycles. The minimum absolute atomic E-state index is 1.33. The monoisotopic (exact) mass is 558 g/mol. The van der Waals surface area contributed by atoms with Crippen molar-refractivity contribution in [3.8, 4) is 0 Å². The average molecular weight is 555 g/mol. The fourth-order valence-electron chi connectivity index (χ4n) is 2.73. The van der Waals surface area contributed by atoms with Gasteiger partial charge in [0.1, 0.15) is 0 Å². The molecule has 0 heterocycles. The molecule has 0 atom stereocenters. The van der Waals surface area contributed by atoms with Crippen molar-refractivity contribution in [2.45, 2.75) is 0 Å². The van der Waals surface area contributed by atoms with Gasteiger partial charge in [-0.1, -0.05) is 0 Å². The summed E-state index contributed by atoms with van der Waals surface area (Å²) in [7, 11) is 0. The molecule has 0 aliphatic rings. The molecule has 0 unspecified atom stereocenters. The van der Waals surface area contributed by atoms with Gasteiger partial charge in [0, 0.05) is 0 Å². The van der Waals surface area contributed by atoms with Gasteiger partial charge in [-0.05, 0) is 0 Å². The third-order valence-electron chi connectivity index (χ3n) is 3.93. The van der Waals surface area contributed by atoms with Crippen molar-refractivity contribution in [3.63, 3.8) is 0 Å². The van der Waals surface area contributed by atoms with Crippen LogP contribution in [0.4, 0.5) is 0 Å². The molecule has 26 heavy (non-hydrogen) atoms. The molecular weight excluding hydrogens is 535 g/mol. The minimum atomic E-state index is -1.98. The summed E-state index contributed by atoms with van der Waals surface area (Å²) in [6, 6.07) is 43.2. The van der Waals surface area contributed by atoms with Gasteiger partial charge in [-0.2, -0.15) is 0 Å². The SMILES string of the molecule is [Te]c1ccccc1.c1cc[c]([Sn]([c]2ccccc2)[c]2ccccc2)cc1. The van der Waals surface area contributed by atoms with E-state index in [0.717, 1.165) is 0 Å². The van der Waals surface area contributed by atoms with E-state index < -0.39 is 19.8 Å². The molecule has 0 aliphatic heterocycles. The normalized spacial score (nSPS) is 10.0. The van der Waals surface area contributed by atoms with Crippen molar-refractivity contribution in [2.24, 2.45) is 0 Å². The topological polar surface area (TPSA) is 0 Å². The molecule has 0 spiro atoms. The van der Waals surface area contributed by atoms with Crippen molar-refractivity contribution in [2.75, 3.05) is 0 Å². The Balaban J connectivity index is 0.000000236. The first-order chi connectivity index (χ1) is 12.8. The molecule has 4 rings (SSSR count). The van der Waals surface area contributed by atoms with E-state index in [0.29, 0.717) is 0 Å². The van der Waals surface area contributed by atoms with Gasteiger partial charge in [0.05, 0.1) is 0 Å². The standard InChI is InChI=1S/C6H5Te.3C6H5.Sn/c7-6-4-2-1-3-5-6;3*1-2-4-6-5-3-1;/h1-5H;3*1-5H;. The van der Waals surface area contributed by atoms with Gasteiger partial charge in [0.2, 0.25) is 0 Å². The second-order valence-corrected chi connectivity index (χ2v) is 14.2. The van der Waals surface area contributed by atoms with E-state index in [1.165, 1.54) is 14.3 Å². The number of hydrogen-bond acceptors (Lipinski definition) is 0. The fourth-order valence-corrected chi connectivity index (χ4v) is 10.5. The zero-order valence-electron chi connectivity index (χ0n) is 14.5. The van der Waals surface area contributed by atoms with Crippen LogP contribution in [-0.2, 0) is 0 Å². The van der Waals surface area contributed by atoms with Crippen LogP contribution in [-0.4, -0.2) is 42.1 Å². The van der Waals surface area contributed by atoms with Crippen molar-refractivity contribution in [1.29, 1.82) is 0 Å². The van der Waals surface area contributed by atoms with Crippen LogP contribution in [0.5, 0.6) is 0 Å². The van der Waals surface area contributed by atoms with Crippen molar-refractivity contribution in [1.82, 2.24) is 0 Å². The Morgan fingerprint density at radius 1 is 0.385 bits per heavy atom. The molecule has 4 aromatic rings. The van der Waals surface area contributed by atoms with Crippen molar-refractivity contribution >= 4 is 56.4 Å². The molecule has 2 heteroatoms. The van der Waals surface area contributed by atoms with Gasteiger partial charge < -0.3 is 0 Å². The summed E-state index contributed by atoms with van der Waals surface area (Å²) in [6.07, 6.45) is 0. The number of benzene rings is 4. The summed E-state index contributed by atoms with van der Waals surface area (Å²) < 4.78 is 5.92. The summed E-state index contributed by atoms with van der Waals surface area (Å²) >= 11 is 0.0362. The van der Waals surface area contributed by atoms with Crippen LogP contribution >= 0.6 is 0 Å². The Morgan fingerprint density at radius 2 is 0.654 bits per heavy atom. The first-order valence-electron chi connectivity index (χ1n) is 8.60. The number of hydrogen-bond donors (Lipinski definition) is 0. The van der Waals surface area contributed by atoms with Crippen LogP contribution in [0.2, 0.25) is 0 Å². The van der Waals surface area contributed by atoms with E-state index >= 15 is 0 Å². The zero-order chi connectivity index (χ0) is 18.0. The second kappa shape index (κ2) is 10.6. The summed E-state index contributed by atoms with van der Waals surface area (Å²) in [6.45, 7) is 0. The third kappa shape index (κ3) is 5.74. The summed E-state index contributed by atoms with van der Waals surface area (Å²) in [5.74, 6) is 0. The Morgan fingerprint density at radius 3 is 0.885 bits per heavy atom. The summed E-state index contributed by atoms with van der Waals surface area (Å²) in [5.41, 5.74) is 0. The summed E-state index contributed by atoms with van der Waals surface area (Å²) in [5, 5.41) is 0. The first kappa shape index (κ1) is 19.2. The molecule has 0 saturated heterocycles. The molecule has 0 aromatic heterocycles. The molecule has 126 valence electrons. The van der Waals surface area contributed by atoms with Gasteiger partial charge in [-0.15, -0.1) is 0 Å². The van der Waals surface area contributed by atoms with E-state index in [2.05, 4.69) is 103 Å². The van der Waals surface area contributed by atoms with Crippen LogP contribution in [0.1, 0.15) is 0 Å². The second-order valence-electron chi connectivity index (χ2n) is 5.79. The summed E-state index contributed by atoms with van der Waals surface area (Å²) in [4.78, 5) is 0. The first-order valence-corrected chi connectivity index (χ1v) is 14.0. The van der Waals surface area contributed by atoms with Crippen LogP contribution < -0.4 is 14.3 Å². The van der Waals surface area contributed by atoms with Crippen LogP contribution in [0.25, 0.3) is 0 Å². The van der Waals surface area contributed by atoms with Crippen LogP contribution in [0.15, 0.2) is 121 Å². The van der Waals surface area contributed by atoms with Gasteiger partial charge >= 0.3 is 178 Å². The van der Waals surface area contributed by atoms with E-state index in [9.17, 15) is 0 Å². The zero-order valence-corrected chi connectivity index (χ0v) is 19.6. The maximum atomic E-state index is 2.29. The molecule has 4 aromatic carbocycles. The molecule has 0 fully saturated rings. The Labute approximate surface area is 176 Å². The quantitative estimate of drug-likeness (QED) is 0.342. The van der Waals surface area contributed by atoms with Gasteiger partial charge in [-0.25, -0.2) is 0 Å². The van der Waals surface area contributed by atoms with Crippen LogP contribution in [0.3, 0.4) is 0 Å². The number of rotatable bonds is 3. The molecule has 0 bridgehead atoms. The fraction of sp³-hybridized carbons (Fsp3) is 0. The molecule has 2 radical (unpaired) electrons. The molecular formula is C24H20SnTe. The Bertz CT molecular complexity index is 784. The van der Waals surface area contributed by atoms with Gasteiger partial charge in [0.25, 0.3) is 0 Å². The van der Waals surface area contributed by atoms with Crippen molar-refractivity contribution < 1.29 is 0 Å². The average Bonchev–Trinajstić information content (AvgIpc) is 2.72. The molecule has 0 amide bonds. The third-order valence-corrected chi connectivity index (χ3v) is 12.5. The predicted octanol–water partition coefficient (Wildman–Crippen LogP) is 2.68. The van der Waals surface area contributed by atoms with E-state index in [1.54, 1.807) is 0 Å².